The molecule has 2 aliphatic rings. The normalized spacial score (nSPS) is 22.2. The molecule has 6 heteroatoms. The number of nitrogens with one attached hydrogen (secondary N) is 1. The molecule has 0 spiro atoms. The van der Waals surface area contributed by atoms with E-state index in [0.29, 0.717) is 4.88 Å². The number of amides is 2. The zero-order valence-corrected chi connectivity index (χ0v) is 13.1. The van der Waals surface area contributed by atoms with Crippen molar-refractivity contribution in [3.63, 3.8) is 0 Å². The second-order valence-electron chi connectivity index (χ2n) is 5.92. The molecule has 0 radical (unpaired) electrons. The molecule has 2 amide bonds. The number of likely N-dealkylation sites (N-methyl/N-ethyl adjacent to an activating group) is 1. The zero-order chi connectivity index (χ0) is 14.8. The van der Waals surface area contributed by atoms with E-state index in [2.05, 4.69) is 10.2 Å². The maximum Gasteiger partial charge on any atom is 0.264 e. The van der Waals surface area contributed by atoms with Gasteiger partial charge in [0, 0.05) is 32.2 Å². The number of carbonyl (C=O) groups excluding carboxylic acids is 2. The van der Waals surface area contributed by atoms with Crippen molar-refractivity contribution in [1.29, 1.82) is 0 Å². The van der Waals surface area contributed by atoms with Gasteiger partial charge in [0.1, 0.15) is 0 Å². The molecule has 1 aromatic heterocycles. The van der Waals surface area contributed by atoms with Crippen molar-refractivity contribution >= 4 is 23.2 Å². The lowest BCUT2D eigenvalue weighted by Crippen LogP contribution is -2.43. The number of rotatable bonds is 5. The molecule has 1 aliphatic heterocycles. The Hall–Kier alpha value is -1.40. The molecule has 2 heterocycles. The molecule has 2 fully saturated rings. The first kappa shape index (κ1) is 14.5. The minimum atomic E-state index is -0.0915. The minimum absolute atomic E-state index is 0.0648. The molecule has 1 aromatic rings. The molecule has 21 heavy (non-hydrogen) atoms. The number of thiophene rings is 1. The molecule has 5 nitrogen and oxygen atoms in total. The molecule has 114 valence electrons. The van der Waals surface area contributed by atoms with Crippen molar-refractivity contribution in [3.05, 3.63) is 22.4 Å². The van der Waals surface area contributed by atoms with Crippen LogP contribution in [0.5, 0.6) is 0 Å². The van der Waals surface area contributed by atoms with Crippen LogP contribution >= 0.6 is 11.3 Å². The first-order valence-electron chi connectivity index (χ1n) is 7.46. The largest absolute Gasteiger partial charge is 0.350 e. The van der Waals surface area contributed by atoms with Crippen molar-refractivity contribution in [3.8, 4) is 0 Å². The quantitative estimate of drug-likeness (QED) is 0.888. The number of likely N-dealkylation sites (tertiary alicyclic amines) is 1. The fourth-order valence-corrected chi connectivity index (χ4v) is 3.54. The van der Waals surface area contributed by atoms with Crippen molar-refractivity contribution in [1.82, 2.24) is 15.1 Å². The molecule has 0 aromatic carbocycles. The summed E-state index contributed by atoms with van der Waals surface area (Å²) in [7, 11) is 1.67. The summed E-state index contributed by atoms with van der Waals surface area (Å²) >= 11 is 1.40. The summed E-state index contributed by atoms with van der Waals surface area (Å²) in [5, 5.41) is 4.92. The van der Waals surface area contributed by atoms with E-state index in [0.717, 1.165) is 25.6 Å². The maximum atomic E-state index is 12.1. The zero-order valence-electron chi connectivity index (χ0n) is 12.2. The van der Waals surface area contributed by atoms with Crippen LogP contribution in [0.1, 0.15) is 28.9 Å². The van der Waals surface area contributed by atoms with Gasteiger partial charge in [0.25, 0.3) is 5.91 Å². The van der Waals surface area contributed by atoms with E-state index in [1.165, 1.54) is 29.1 Å². The third-order valence-electron chi connectivity index (χ3n) is 4.11. The molecule has 1 unspecified atom stereocenters. The summed E-state index contributed by atoms with van der Waals surface area (Å²) in [5.41, 5.74) is 0. The van der Waals surface area contributed by atoms with Crippen molar-refractivity contribution in [2.24, 2.45) is 0 Å². The maximum absolute atomic E-state index is 12.1. The van der Waals surface area contributed by atoms with Crippen LogP contribution in [0.4, 0.5) is 0 Å². The van der Waals surface area contributed by atoms with Crippen LogP contribution < -0.4 is 5.32 Å². The van der Waals surface area contributed by atoms with Gasteiger partial charge in [0.15, 0.2) is 0 Å². The van der Waals surface area contributed by atoms with Gasteiger partial charge in [-0.25, -0.2) is 0 Å². The molecule has 1 aliphatic carbocycles. The van der Waals surface area contributed by atoms with Crippen LogP contribution in [0, 0.1) is 0 Å². The summed E-state index contributed by atoms with van der Waals surface area (Å²) in [4.78, 5) is 28.7. The Bertz CT molecular complexity index is 513. The first-order chi connectivity index (χ1) is 10.1. The average molecular weight is 307 g/mol. The molecule has 1 N–H and O–H groups in total. The second kappa shape index (κ2) is 6.15. The van der Waals surface area contributed by atoms with E-state index in [1.54, 1.807) is 13.1 Å². The summed E-state index contributed by atoms with van der Waals surface area (Å²) < 4.78 is 0. The van der Waals surface area contributed by atoms with Gasteiger partial charge >= 0.3 is 0 Å². The summed E-state index contributed by atoms with van der Waals surface area (Å²) in [5.74, 6) is -0.156. The van der Waals surface area contributed by atoms with Crippen LogP contribution in [0.25, 0.3) is 0 Å². The molecule has 1 atom stereocenters. The van der Waals surface area contributed by atoms with E-state index in [-0.39, 0.29) is 24.4 Å². The molecule has 0 bridgehead atoms. The smallest absolute Gasteiger partial charge is 0.264 e. The molecular weight excluding hydrogens is 286 g/mol. The van der Waals surface area contributed by atoms with Crippen LogP contribution in [-0.2, 0) is 4.79 Å². The summed E-state index contributed by atoms with van der Waals surface area (Å²) in [6.45, 7) is 2.16. The Kier molecular flexibility index (Phi) is 4.26. The van der Waals surface area contributed by atoms with Gasteiger partial charge in [-0.15, -0.1) is 11.3 Å². The number of nitrogens with zero attached hydrogens (tertiary/aromatic N) is 2. The summed E-state index contributed by atoms with van der Waals surface area (Å²) in [6, 6.07) is 4.63. The number of hydrogen-bond donors (Lipinski definition) is 1. The van der Waals surface area contributed by atoms with Gasteiger partial charge in [-0.05, 0) is 30.7 Å². The highest BCUT2D eigenvalue weighted by Gasteiger charge is 2.34. The van der Waals surface area contributed by atoms with Crippen molar-refractivity contribution in [2.75, 3.05) is 26.7 Å². The highest BCUT2D eigenvalue weighted by Crippen LogP contribution is 2.29. The van der Waals surface area contributed by atoms with Crippen LogP contribution in [-0.4, -0.2) is 60.4 Å². The summed E-state index contributed by atoms with van der Waals surface area (Å²) in [6.07, 6.45) is 3.63. The van der Waals surface area contributed by atoms with E-state index < -0.39 is 0 Å². The Labute approximate surface area is 128 Å². The van der Waals surface area contributed by atoms with Gasteiger partial charge in [-0.2, -0.15) is 0 Å². The van der Waals surface area contributed by atoms with Crippen LogP contribution in [0.3, 0.4) is 0 Å². The van der Waals surface area contributed by atoms with E-state index in [1.807, 2.05) is 11.4 Å². The third-order valence-corrected chi connectivity index (χ3v) is 4.97. The lowest BCUT2D eigenvalue weighted by Gasteiger charge is -2.19. The number of carbonyl (C=O) groups is 2. The van der Waals surface area contributed by atoms with E-state index >= 15 is 0 Å². The van der Waals surface area contributed by atoms with Crippen LogP contribution in [0.15, 0.2) is 17.5 Å². The lowest BCUT2D eigenvalue weighted by molar-refractivity contribution is -0.122. The van der Waals surface area contributed by atoms with Crippen LogP contribution in [0.2, 0.25) is 0 Å². The highest BCUT2D eigenvalue weighted by atomic mass is 32.1. The van der Waals surface area contributed by atoms with Gasteiger partial charge in [-0.3, -0.25) is 14.5 Å². The number of hydrogen-bond acceptors (Lipinski definition) is 4. The molecule has 1 saturated carbocycles. The van der Waals surface area contributed by atoms with E-state index in [4.69, 9.17) is 0 Å². The highest BCUT2D eigenvalue weighted by molar-refractivity contribution is 7.12. The van der Waals surface area contributed by atoms with Crippen molar-refractivity contribution in [2.45, 2.75) is 31.3 Å². The van der Waals surface area contributed by atoms with E-state index in [9.17, 15) is 9.59 Å². The van der Waals surface area contributed by atoms with Crippen molar-refractivity contribution < 1.29 is 9.59 Å². The second-order valence-corrected chi connectivity index (χ2v) is 6.87. The molecule has 3 rings (SSSR count). The van der Waals surface area contributed by atoms with Gasteiger partial charge in [-0.1, -0.05) is 6.07 Å². The Morgan fingerprint density at radius 2 is 2.24 bits per heavy atom. The SMILES string of the molecule is CN(CC(=O)NC1CCN(C2CC2)C1)C(=O)c1cccs1. The minimum Gasteiger partial charge on any atom is -0.350 e. The topological polar surface area (TPSA) is 52.7 Å². The van der Waals surface area contributed by atoms with Gasteiger partial charge < -0.3 is 10.2 Å². The van der Waals surface area contributed by atoms with Gasteiger partial charge in [0.2, 0.25) is 5.91 Å². The molecule has 1 saturated heterocycles. The van der Waals surface area contributed by atoms with Gasteiger partial charge in [0.05, 0.1) is 11.4 Å². The fourth-order valence-electron chi connectivity index (χ4n) is 2.83. The monoisotopic (exact) mass is 307 g/mol. The standard InChI is InChI=1S/C15H21N3O2S/c1-17(15(20)13-3-2-8-21-13)10-14(19)16-11-6-7-18(9-11)12-4-5-12/h2-3,8,11-12H,4-7,9-10H2,1H3,(H,16,19). The lowest BCUT2D eigenvalue weighted by atomic mass is 10.2. The molecular formula is C15H21N3O2S. The predicted molar refractivity (Wildman–Crippen MR) is 82.4 cm³/mol. The average Bonchev–Trinajstić information content (AvgIpc) is 2.98. The Morgan fingerprint density at radius 1 is 1.43 bits per heavy atom. The first-order valence-corrected chi connectivity index (χ1v) is 8.34. The Balaban J connectivity index is 1.44. The fraction of sp³-hybridized carbons (Fsp3) is 0.600. The third kappa shape index (κ3) is 3.63. The Morgan fingerprint density at radius 3 is 2.90 bits per heavy atom. The predicted octanol–water partition coefficient (Wildman–Crippen LogP) is 1.17.